The van der Waals surface area contributed by atoms with Crippen LogP contribution in [0.4, 0.5) is 0 Å². The molecule has 2 nitrogen and oxygen atoms in total. The Morgan fingerprint density at radius 2 is 2.00 bits per heavy atom. The van der Waals surface area contributed by atoms with Crippen LogP contribution in [-0.4, -0.2) is 11.0 Å². The fraction of sp³-hybridized carbons (Fsp3) is 0.556. The van der Waals surface area contributed by atoms with E-state index in [1.54, 1.807) is 5.56 Å². The zero-order chi connectivity index (χ0) is 13.9. The topological polar surface area (TPSA) is 27.8 Å². The highest BCUT2D eigenvalue weighted by Crippen LogP contribution is 2.49. The molecule has 3 atom stereocenters. The Hall–Kier alpha value is -1.28. The number of fused-ring (bicyclic) bond motifs is 5. The molecular formula is C18H24N2. The van der Waals surface area contributed by atoms with Crippen molar-refractivity contribution in [3.63, 3.8) is 0 Å². The van der Waals surface area contributed by atoms with Crippen molar-refractivity contribution in [2.24, 2.45) is 5.41 Å². The van der Waals surface area contributed by atoms with Crippen molar-refractivity contribution in [2.75, 3.05) is 0 Å². The molecule has 0 spiro atoms. The molecule has 106 valence electrons. The van der Waals surface area contributed by atoms with Gasteiger partial charge in [0.1, 0.15) is 0 Å². The van der Waals surface area contributed by atoms with Gasteiger partial charge in [0, 0.05) is 34.6 Å². The van der Waals surface area contributed by atoms with Crippen molar-refractivity contribution in [1.29, 1.82) is 0 Å². The van der Waals surface area contributed by atoms with E-state index in [1.807, 2.05) is 0 Å². The lowest BCUT2D eigenvalue weighted by molar-refractivity contribution is 0.159. The first-order valence-electron chi connectivity index (χ1n) is 7.92. The molecule has 2 aliphatic rings. The van der Waals surface area contributed by atoms with E-state index in [2.05, 4.69) is 55.3 Å². The lowest BCUT2D eigenvalue weighted by Crippen LogP contribution is -2.46. The molecule has 1 fully saturated rings. The Morgan fingerprint density at radius 1 is 1.20 bits per heavy atom. The summed E-state index contributed by atoms with van der Waals surface area (Å²) in [6.45, 7) is 7.13. The summed E-state index contributed by atoms with van der Waals surface area (Å²) in [6, 6.07) is 9.88. The summed E-state index contributed by atoms with van der Waals surface area (Å²) in [5.41, 5.74) is 4.81. The molecule has 0 bridgehead atoms. The van der Waals surface area contributed by atoms with Gasteiger partial charge in [0.05, 0.1) is 0 Å². The molecule has 0 saturated heterocycles. The molecule has 0 radical (unpaired) electrons. The highest BCUT2D eigenvalue weighted by atomic mass is 15.0. The van der Waals surface area contributed by atoms with Gasteiger partial charge in [-0.25, -0.2) is 0 Å². The third kappa shape index (κ3) is 1.74. The Balaban J connectivity index is 1.86. The second-order valence-corrected chi connectivity index (χ2v) is 7.51. The molecule has 1 aliphatic heterocycles. The first kappa shape index (κ1) is 12.5. The van der Waals surface area contributed by atoms with Gasteiger partial charge in [0.25, 0.3) is 0 Å². The molecular weight excluding hydrogens is 244 g/mol. The number of aromatic amines is 1. The maximum absolute atomic E-state index is 3.86. The summed E-state index contributed by atoms with van der Waals surface area (Å²) in [4.78, 5) is 3.66. The molecule has 1 aromatic heterocycles. The Morgan fingerprint density at radius 3 is 2.85 bits per heavy atom. The molecule has 2 N–H and O–H groups in total. The molecule has 2 aromatic rings. The van der Waals surface area contributed by atoms with Gasteiger partial charge in [-0.15, -0.1) is 0 Å². The first-order chi connectivity index (χ1) is 9.55. The second-order valence-electron chi connectivity index (χ2n) is 7.51. The molecule has 1 saturated carbocycles. The van der Waals surface area contributed by atoms with E-state index in [1.165, 1.54) is 35.9 Å². The molecule has 1 aromatic carbocycles. The van der Waals surface area contributed by atoms with E-state index in [0.29, 0.717) is 23.4 Å². The summed E-state index contributed by atoms with van der Waals surface area (Å²) in [6.07, 6.45) is 3.94. The van der Waals surface area contributed by atoms with E-state index >= 15 is 0 Å². The van der Waals surface area contributed by atoms with Gasteiger partial charge < -0.3 is 10.3 Å². The molecule has 0 amide bonds. The van der Waals surface area contributed by atoms with Crippen molar-refractivity contribution in [2.45, 2.75) is 58.0 Å². The minimum atomic E-state index is 0.438. The summed E-state index contributed by atoms with van der Waals surface area (Å²) < 4.78 is 0. The van der Waals surface area contributed by atoms with Gasteiger partial charge in [0.2, 0.25) is 0 Å². The van der Waals surface area contributed by atoms with Crippen molar-refractivity contribution in [3.8, 4) is 0 Å². The largest absolute Gasteiger partial charge is 0.357 e. The standard InChI is InChI=1S/C18H24N2/c1-11-17-16(12-6-4-5-7-14(12)20-17)13-8-9-18(2,3)10-15(13)19-11/h4-7,11,13,15,19-20H,8-10H2,1-3H3/t11-,13+,15-/m0/s1. The van der Waals surface area contributed by atoms with E-state index in [-0.39, 0.29) is 0 Å². The van der Waals surface area contributed by atoms with Crippen LogP contribution in [0.3, 0.4) is 0 Å². The highest BCUT2D eigenvalue weighted by Gasteiger charge is 2.41. The maximum atomic E-state index is 3.86. The molecule has 0 unspecified atom stereocenters. The first-order valence-corrected chi connectivity index (χ1v) is 7.92. The maximum Gasteiger partial charge on any atom is 0.0459 e. The molecule has 2 heteroatoms. The molecule has 4 rings (SSSR count). The van der Waals surface area contributed by atoms with Gasteiger partial charge in [-0.05, 0) is 43.2 Å². The smallest absolute Gasteiger partial charge is 0.0459 e. The lowest BCUT2D eigenvalue weighted by Gasteiger charge is -2.45. The number of hydrogen-bond donors (Lipinski definition) is 2. The van der Waals surface area contributed by atoms with Crippen LogP contribution < -0.4 is 5.32 Å². The molecule has 2 heterocycles. The average Bonchev–Trinajstić information content (AvgIpc) is 2.78. The number of benzene rings is 1. The molecule has 20 heavy (non-hydrogen) atoms. The summed E-state index contributed by atoms with van der Waals surface area (Å²) in [5, 5.41) is 5.31. The summed E-state index contributed by atoms with van der Waals surface area (Å²) >= 11 is 0. The Kier molecular flexibility index (Phi) is 2.56. The van der Waals surface area contributed by atoms with Crippen LogP contribution in [-0.2, 0) is 0 Å². The number of hydrogen-bond acceptors (Lipinski definition) is 1. The van der Waals surface area contributed by atoms with E-state index < -0.39 is 0 Å². The number of para-hydroxylation sites is 1. The van der Waals surface area contributed by atoms with Crippen molar-refractivity contribution < 1.29 is 0 Å². The zero-order valence-corrected chi connectivity index (χ0v) is 12.7. The predicted molar refractivity (Wildman–Crippen MR) is 84.0 cm³/mol. The van der Waals surface area contributed by atoms with Gasteiger partial charge in [-0.1, -0.05) is 32.0 Å². The van der Waals surface area contributed by atoms with Crippen LogP contribution in [0.15, 0.2) is 24.3 Å². The fourth-order valence-corrected chi connectivity index (χ4v) is 4.44. The van der Waals surface area contributed by atoms with Crippen molar-refractivity contribution in [1.82, 2.24) is 10.3 Å². The minimum absolute atomic E-state index is 0.438. The third-order valence-electron chi connectivity index (χ3n) is 5.43. The fourth-order valence-electron chi connectivity index (χ4n) is 4.44. The van der Waals surface area contributed by atoms with Crippen LogP contribution in [0.25, 0.3) is 10.9 Å². The second kappa shape index (κ2) is 4.11. The van der Waals surface area contributed by atoms with E-state index in [0.717, 1.165) is 0 Å². The van der Waals surface area contributed by atoms with Crippen molar-refractivity contribution >= 4 is 10.9 Å². The van der Waals surface area contributed by atoms with Gasteiger partial charge >= 0.3 is 0 Å². The number of rotatable bonds is 0. The van der Waals surface area contributed by atoms with Gasteiger partial charge in [-0.2, -0.15) is 0 Å². The monoisotopic (exact) mass is 268 g/mol. The molecule has 1 aliphatic carbocycles. The summed E-state index contributed by atoms with van der Waals surface area (Å²) in [5.74, 6) is 0.686. The highest BCUT2D eigenvalue weighted by molar-refractivity contribution is 5.85. The number of nitrogens with one attached hydrogen (secondary N) is 2. The van der Waals surface area contributed by atoms with Gasteiger partial charge in [0.15, 0.2) is 0 Å². The SMILES string of the molecule is C[C@@H]1N[C@H]2CC(C)(C)CC[C@H]2c2c1[nH]c1ccccc21. The van der Waals surface area contributed by atoms with Crippen LogP contribution in [0.5, 0.6) is 0 Å². The predicted octanol–water partition coefficient (Wildman–Crippen LogP) is 4.49. The van der Waals surface area contributed by atoms with Crippen molar-refractivity contribution in [3.05, 3.63) is 35.5 Å². The number of aromatic nitrogens is 1. The third-order valence-corrected chi connectivity index (χ3v) is 5.43. The lowest BCUT2D eigenvalue weighted by atomic mass is 9.66. The van der Waals surface area contributed by atoms with E-state index in [4.69, 9.17) is 0 Å². The van der Waals surface area contributed by atoms with E-state index in [9.17, 15) is 0 Å². The normalized spacial score (nSPS) is 31.9. The Labute approximate surface area is 121 Å². The van der Waals surface area contributed by atoms with Crippen LogP contribution in [0, 0.1) is 5.41 Å². The summed E-state index contributed by atoms with van der Waals surface area (Å²) in [7, 11) is 0. The van der Waals surface area contributed by atoms with Crippen LogP contribution >= 0.6 is 0 Å². The Bertz CT molecular complexity index is 652. The number of H-pyrrole nitrogens is 1. The van der Waals surface area contributed by atoms with Crippen LogP contribution in [0.1, 0.15) is 63.3 Å². The minimum Gasteiger partial charge on any atom is -0.357 e. The van der Waals surface area contributed by atoms with Crippen LogP contribution in [0.2, 0.25) is 0 Å². The van der Waals surface area contributed by atoms with Gasteiger partial charge in [-0.3, -0.25) is 0 Å². The quantitative estimate of drug-likeness (QED) is 0.723. The zero-order valence-electron chi connectivity index (χ0n) is 12.7. The average molecular weight is 268 g/mol.